The number of nitrogens with zero attached hydrogens (tertiary/aromatic N) is 4. The van der Waals surface area contributed by atoms with Crippen molar-refractivity contribution in [3.05, 3.63) is 29.2 Å². The van der Waals surface area contributed by atoms with E-state index in [9.17, 15) is 4.79 Å². The highest BCUT2D eigenvalue weighted by molar-refractivity contribution is 7.09. The second-order valence-electron chi connectivity index (χ2n) is 4.69. The zero-order valence-corrected chi connectivity index (χ0v) is 13.7. The van der Waals surface area contributed by atoms with Gasteiger partial charge >= 0.3 is 0 Å². The Bertz CT molecular complexity index is 470. The molecule has 116 valence electrons. The van der Waals surface area contributed by atoms with Crippen LogP contribution in [0.3, 0.4) is 0 Å². The molecule has 0 saturated heterocycles. The van der Waals surface area contributed by atoms with Crippen LogP contribution in [0.5, 0.6) is 0 Å². The van der Waals surface area contributed by atoms with Gasteiger partial charge in [-0.05, 0) is 0 Å². The summed E-state index contributed by atoms with van der Waals surface area (Å²) in [6.45, 7) is 5.21. The zero-order chi connectivity index (χ0) is 15.7. The summed E-state index contributed by atoms with van der Waals surface area (Å²) in [5, 5.41) is 6.22. The smallest absolute Gasteiger partial charge is 0.243 e. The fourth-order valence-electron chi connectivity index (χ4n) is 1.50. The van der Waals surface area contributed by atoms with Crippen LogP contribution < -0.4 is 5.32 Å². The highest BCUT2D eigenvalue weighted by atomic mass is 32.1. The summed E-state index contributed by atoms with van der Waals surface area (Å²) in [7, 11) is 5.39. The van der Waals surface area contributed by atoms with Gasteiger partial charge in [-0.2, -0.15) is 0 Å². The third kappa shape index (κ3) is 6.40. The van der Waals surface area contributed by atoms with E-state index >= 15 is 0 Å². The number of nitrogens with one attached hydrogen (secondary N) is 1. The summed E-state index contributed by atoms with van der Waals surface area (Å²) in [5.41, 5.74) is 0. The van der Waals surface area contributed by atoms with Gasteiger partial charge in [0, 0.05) is 52.2 Å². The summed E-state index contributed by atoms with van der Waals surface area (Å²) in [6.07, 6.45) is 4.42. The van der Waals surface area contributed by atoms with Crippen LogP contribution >= 0.6 is 11.3 Å². The van der Waals surface area contributed by atoms with E-state index in [2.05, 4.69) is 21.9 Å². The molecule has 0 aliphatic rings. The van der Waals surface area contributed by atoms with Gasteiger partial charge in [0.25, 0.3) is 0 Å². The summed E-state index contributed by atoms with van der Waals surface area (Å²) >= 11 is 1.64. The first-order valence-electron chi connectivity index (χ1n) is 6.73. The summed E-state index contributed by atoms with van der Waals surface area (Å²) in [5.74, 6) is 0.669. The quantitative estimate of drug-likeness (QED) is 0.460. The van der Waals surface area contributed by atoms with Gasteiger partial charge < -0.3 is 15.1 Å². The number of hydrogen-bond acceptors (Lipinski definition) is 4. The number of amides is 1. The molecule has 0 aliphatic carbocycles. The topological polar surface area (TPSA) is 60.8 Å². The molecule has 21 heavy (non-hydrogen) atoms. The van der Waals surface area contributed by atoms with Crippen LogP contribution in [0.25, 0.3) is 0 Å². The van der Waals surface area contributed by atoms with Crippen LogP contribution in [0, 0.1) is 0 Å². The molecule has 0 unspecified atom stereocenters. The Balaban J connectivity index is 2.59. The predicted octanol–water partition coefficient (Wildman–Crippen LogP) is 0.837. The molecule has 0 bridgehead atoms. The van der Waals surface area contributed by atoms with E-state index in [0.717, 1.165) is 18.0 Å². The van der Waals surface area contributed by atoms with Gasteiger partial charge in [-0.3, -0.25) is 4.79 Å². The second-order valence-corrected chi connectivity index (χ2v) is 5.67. The molecular formula is C14H23N5OS. The molecule has 0 spiro atoms. The molecule has 1 N–H and O–H groups in total. The lowest BCUT2D eigenvalue weighted by Gasteiger charge is -2.21. The molecule has 1 heterocycles. The van der Waals surface area contributed by atoms with Crippen molar-refractivity contribution in [1.29, 1.82) is 0 Å². The van der Waals surface area contributed by atoms with Gasteiger partial charge in [-0.1, -0.05) is 6.08 Å². The monoisotopic (exact) mass is 309 g/mol. The zero-order valence-electron chi connectivity index (χ0n) is 12.9. The highest BCUT2D eigenvalue weighted by Crippen LogP contribution is 2.05. The molecule has 0 aliphatic heterocycles. The third-order valence-corrected chi connectivity index (χ3v) is 3.61. The Morgan fingerprint density at radius 1 is 1.52 bits per heavy atom. The van der Waals surface area contributed by atoms with E-state index < -0.39 is 0 Å². The maximum absolute atomic E-state index is 11.6. The molecule has 1 aromatic heterocycles. The Labute approximate surface area is 130 Å². The van der Waals surface area contributed by atoms with Gasteiger partial charge in [0.2, 0.25) is 5.91 Å². The molecule has 0 atom stereocenters. The average molecular weight is 309 g/mol. The Kier molecular flexibility index (Phi) is 7.45. The molecule has 0 aromatic carbocycles. The number of hydrogen-bond donors (Lipinski definition) is 1. The van der Waals surface area contributed by atoms with Crippen LogP contribution in [-0.2, 0) is 11.2 Å². The van der Waals surface area contributed by atoms with Crippen molar-refractivity contribution >= 4 is 23.2 Å². The van der Waals surface area contributed by atoms with Crippen molar-refractivity contribution in [3.8, 4) is 0 Å². The molecule has 0 fully saturated rings. The van der Waals surface area contributed by atoms with E-state index in [4.69, 9.17) is 0 Å². The van der Waals surface area contributed by atoms with Crippen LogP contribution in [0.1, 0.15) is 5.01 Å². The molecule has 0 saturated carbocycles. The number of guanidine groups is 1. The minimum Gasteiger partial charge on any atom is -0.353 e. The average Bonchev–Trinajstić information content (AvgIpc) is 2.97. The van der Waals surface area contributed by atoms with Gasteiger partial charge in [-0.25, -0.2) is 9.98 Å². The number of likely N-dealkylation sites (N-methyl/N-ethyl adjacent to an activating group) is 2. The van der Waals surface area contributed by atoms with Crippen molar-refractivity contribution in [2.75, 3.05) is 40.8 Å². The number of aliphatic imine (C=N–C) groups is 1. The van der Waals surface area contributed by atoms with Crippen molar-refractivity contribution < 1.29 is 4.79 Å². The summed E-state index contributed by atoms with van der Waals surface area (Å²) in [4.78, 5) is 23.8. The fourth-order valence-corrected chi connectivity index (χ4v) is 2.11. The first-order valence-corrected chi connectivity index (χ1v) is 7.61. The minimum atomic E-state index is -0.0266. The van der Waals surface area contributed by atoms with Crippen molar-refractivity contribution in [3.63, 3.8) is 0 Å². The van der Waals surface area contributed by atoms with Crippen molar-refractivity contribution in [1.82, 2.24) is 20.1 Å². The Morgan fingerprint density at radius 2 is 2.29 bits per heavy atom. The molecular weight excluding hydrogens is 286 g/mol. The molecule has 6 nitrogen and oxygen atoms in total. The van der Waals surface area contributed by atoms with Gasteiger partial charge in [0.05, 0.1) is 5.01 Å². The fraction of sp³-hybridized carbons (Fsp3) is 0.500. The van der Waals surface area contributed by atoms with Gasteiger partial charge in [0.15, 0.2) is 5.96 Å². The van der Waals surface area contributed by atoms with E-state index in [1.807, 2.05) is 17.3 Å². The largest absolute Gasteiger partial charge is 0.353 e. The Morgan fingerprint density at radius 3 is 2.86 bits per heavy atom. The molecule has 7 heteroatoms. The number of carbonyl (C=O) groups is 1. The number of thiazole rings is 1. The van der Waals surface area contributed by atoms with Crippen molar-refractivity contribution in [2.45, 2.75) is 6.42 Å². The van der Waals surface area contributed by atoms with Crippen molar-refractivity contribution in [2.24, 2.45) is 4.99 Å². The minimum absolute atomic E-state index is 0.0266. The van der Waals surface area contributed by atoms with E-state index in [-0.39, 0.29) is 12.5 Å². The number of carbonyl (C=O) groups excluding carboxylic acids is 1. The van der Waals surface area contributed by atoms with Gasteiger partial charge in [-0.15, -0.1) is 17.9 Å². The second kappa shape index (κ2) is 9.12. The molecule has 0 radical (unpaired) electrons. The highest BCUT2D eigenvalue weighted by Gasteiger charge is 2.09. The molecule has 1 rings (SSSR count). The standard InChI is InChI=1S/C14H23N5OS/c1-5-7-16-14(17-11-13(20)18(2)3)19(4)9-6-12-15-8-10-21-12/h5,8,10H,1,6-7,9,11H2,2-4H3,(H,16,17). The third-order valence-electron chi connectivity index (χ3n) is 2.77. The van der Waals surface area contributed by atoms with Crippen LogP contribution in [0.4, 0.5) is 0 Å². The number of aromatic nitrogens is 1. The number of rotatable bonds is 7. The first kappa shape index (κ1) is 17.2. The SMILES string of the molecule is C=CCNC(=NCC(=O)N(C)C)N(C)CCc1nccs1. The summed E-state index contributed by atoms with van der Waals surface area (Å²) < 4.78 is 0. The Hall–Kier alpha value is -1.89. The molecule has 1 amide bonds. The summed E-state index contributed by atoms with van der Waals surface area (Å²) in [6, 6.07) is 0. The maximum Gasteiger partial charge on any atom is 0.243 e. The van der Waals surface area contributed by atoms with Crippen LogP contribution in [0.2, 0.25) is 0 Å². The van der Waals surface area contributed by atoms with E-state index in [0.29, 0.717) is 12.5 Å². The lowest BCUT2D eigenvalue weighted by molar-refractivity contribution is -0.127. The van der Waals surface area contributed by atoms with Crippen LogP contribution in [0.15, 0.2) is 29.2 Å². The normalized spacial score (nSPS) is 11.1. The maximum atomic E-state index is 11.6. The first-order chi connectivity index (χ1) is 10.0. The molecule has 1 aromatic rings. The lowest BCUT2D eigenvalue weighted by Crippen LogP contribution is -2.41. The van der Waals surface area contributed by atoms with Gasteiger partial charge in [0.1, 0.15) is 6.54 Å². The van der Waals surface area contributed by atoms with E-state index in [1.165, 1.54) is 4.90 Å². The van der Waals surface area contributed by atoms with E-state index in [1.54, 1.807) is 37.7 Å². The predicted molar refractivity (Wildman–Crippen MR) is 87.6 cm³/mol. The van der Waals surface area contributed by atoms with Crippen LogP contribution in [-0.4, -0.2) is 67.4 Å². The lowest BCUT2D eigenvalue weighted by atomic mass is 10.4.